The summed E-state index contributed by atoms with van der Waals surface area (Å²) in [7, 11) is 3.40. The number of nitrogens with zero attached hydrogens (tertiary/aromatic N) is 1. The van der Waals surface area contributed by atoms with Gasteiger partial charge in [-0.2, -0.15) is 0 Å². The second-order valence-electron chi connectivity index (χ2n) is 7.55. The number of carbonyl (C=O) groups is 1. The molecule has 0 aliphatic rings. The summed E-state index contributed by atoms with van der Waals surface area (Å²) >= 11 is 0. The zero-order valence-electron chi connectivity index (χ0n) is 18.0. The molecule has 5 nitrogen and oxygen atoms in total. The fourth-order valence-electron chi connectivity index (χ4n) is 3.80. The molecule has 0 fully saturated rings. The summed E-state index contributed by atoms with van der Waals surface area (Å²) in [6.45, 7) is 1.97. The number of para-hydroxylation sites is 3. The molecule has 0 saturated heterocycles. The number of aryl methyl sites for hydroxylation is 1. The Bertz CT molecular complexity index is 1180. The lowest BCUT2D eigenvalue weighted by Gasteiger charge is -2.29. The normalized spacial score (nSPS) is 11.8. The molecule has 31 heavy (non-hydrogen) atoms. The predicted octanol–water partition coefficient (Wildman–Crippen LogP) is 5.11. The van der Waals surface area contributed by atoms with Crippen LogP contribution in [0.1, 0.15) is 22.7 Å². The van der Waals surface area contributed by atoms with Crippen LogP contribution in [0.15, 0.2) is 79.0 Å². The van der Waals surface area contributed by atoms with Crippen molar-refractivity contribution in [3.05, 3.63) is 95.7 Å². The van der Waals surface area contributed by atoms with Crippen LogP contribution in [0, 0.1) is 6.92 Å². The first kappa shape index (κ1) is 20.5. The van der Waals surface area contributed by atoms with Gasteiger partial charge in [0.2, 0.25) is 0 Å². The SMILES string of the molecule is COc1ccccc1OCC(=O)N(C)[C@@H](c1ccc(C)cc1)c1c[nH]c2ccccc12. The van der Waals surface area contributed by atoms with Crippen LogP contribution in [-0.4, -0.2) is 36.6 Å². The molecule has 5 heteroatoms. The number of carbonyl (C=O) groups excluding carboxylic acids is 1. The lowest BCUT2D eigenvalue weighted by Crippen LogP contribution is -2.35. The largest absolute Gasteiger partial charge is 0.493 e. The molecular weight excluding hydrogens is 388 g/mol. The second kappa shape index (κ2) is 8.96. The van der Waals surface area contributed by atoms with Crippen LogP contribution in [0.4, 0.5) is 0 Å². The Labute approximate surface area is 182 Å². The molecule has 0 spiro atoms. The highest BCUT2D eigenvalue weighted by Gasteiger charge is 2.26. The molecule has 0 bridgehead atoms. The number of fused-ring (bicyclic) bond motifs is 1. The molecule has 1 atom stereocenters. The first-order valence-electron chi connectivity index (χ1n) is 10.2. The van der Waals surface area contributed by atoms with Crippen LogP contribution in [0.3, 0.4) is 0 Å². The number of benzene rings is 3. The minimum Gasteiger partial charge on any atom is -0.493 e. The van der Waals surface area contributed by atoms with E-state index in [0.29, 0.717) is 11.5 Å². The minimum absolute atomic E-state index is 0.0818. The first-order chi connectivity index (χ1) is 15.1. The Morgan fingerprint density at radius 1 is 0.968 bits per heavy atom. The van der Waals surface area contributed by atoms with E-state index in [2.05, 4.69) is 42.2 Å². The van der Waals surface area contributed by atoms with Gasteiger partial charge in [0.05, 0.1) is 13.2 Å². The molecule has 1 amide bonds. The molecular formula is C26H26N2O3. The number of ether oxygens (including phenoxy) is 2. The minimum atomic E-state index is -0.245. The Kier molecular flexibility index (Phi) is 5.94. The topological polar surface area (TPSA) is 54.6 Å². The molecule has 1 N–H and O–H groups in total. The third-order valence-electron chi connectivity index (χ3n) is 5.51. The van der Waals surface area contributed by atoms with E-state index in [0.717, 1.165) is 22.0 Å². The van der Waals surface area contributed by atoms with E-state index >= 15 is 0 Å². The summed E-state index contributed by atoms with van der Waals surface area (Å²) < 4.78 is 11.1. The lowest BCUT2D eigenvalue weighted by molar-refractivity contribution is -0.133. The van der Waals surface area contributed by atoms with Crippen molar-refractivity contribution in [2.45, 2.75) is 13.0 Å². The number of H-pyrrole nitrogens is 1. The van der Waals surface area contributed by atoms with Crippen LogP contribution in [0.25, 0.3) is 10.9 Å². The van der Waals surface area contributed by atoms with Crippen molar-refractivity contribution < 1.29 is 14.3 Å². The number of hydrogen-bond donors (Lipinski definition) is 1. The van der Waals surface area contributed by atoms with Gasteiger partial charge < -0.3 is 19.4 Å². The monoisotopic (exact) mass is 414 g/mol. The average molecular weight is 415 g/mol. The molecule has 1 aromatic heterocycles. The number of hydrogen-bond acceptors (Lipinski definition) is 3. The van der Waals surface area contributed by atoms with Crippen molar-refractivity contribution in [2.75, 3.05) is 20.8 Å². The summed E-state index contributed by atoms with van der Waals surface area (Å²) in [6.07, 6.45) is 1.99. The number of aromatic amines is 1. The first-order valence-corrected chi connectivity index (χ1v) is 10.2. The Morgan fingerprint density at radius 2 is 1.65 bits per heavy atom. The standard InChI is InChI=1S/C26H26N2O3/c1-18-12-14-19(15-13-18)26(21-16-27-22-9-5-4-8-20(21)22)28(2)25(29)17-31-24-11-7-6-10-23(24)30-3/h4-16,26-27H,17H2,1-3H3/t26-/m0/s1. The molecule has 0 aliphatic heterocycles. The van der Waals surface area contributed by atoms with Crippen LogP contribution in [-0.2, 0) is 4.79 Å². The van der Waals surface area contributed by atoms with Gasteiger partial charge in [0.15, 0.2) is 18.1 Å². The Hall–Kier alpha value is -3.73. The molecule has 158 valence electrons. The smallest absolute Gasteiger partial charge is 0.261 e. The van der Waals surface area contributed by atoms with Crippen LogP contribution >= 0.6 is 0 Å². The zero-order valence-corrected chi connectivity index (χ0v) is 18.0. The molecule has 4 aromatic rings. The second-order valence-corrected chi connectivity index (χ2v) is 7.55. The van der Waals surface area contributed by atoms with E-state index in [-0.39, 0.29) is 18.6 Å². The maximum absolute atomic E-state index is 13.2. The van der Waals surface area contributed by atoms with E-state index in [4.69, 9.17) is 9.47 Å². The third-order valence-corrected chi connectivity index (χ3v) is 5.51. The van der Waals surface area contributed by atoms with Crippen molar-refractivity contribution in [2.24, 2.45) is 0 Å². The fourth-order valence-corrected chi connectivity index (χ4v) is 3.80. The van der Waals surface area contributed by atoms with Crippen molar-refractivity contribution in [3.63, 3.8) is 0 Å². The molecule has 0 radical (unpaired) electrons. The van der Waals surface area contributed by atoms with Crippen LogP contribution in [0.5, 0.6) is 11.5 Å². The quantitative estimate of drug-likeness (QED) is 0.457. The van der Waals surface area contributed by atoms with Crippen molar-refractivity contribution in [1.29, 1.82) is 0 Å². The summed E-state index contributed by atoms with van der Waals surface area (Å²) in [4.78, 5) is 18.3. The van der Waals surface area contributed by atoms with E-state index in [1.54, 1.807) is 18.1 Å². The van der Waals surface area contributed by atoms with Gasteiger partial charge in [0, 0.05) is 29.7 Å². The lowest BCUT2D eigenvalue weighted by atomic mass is 9.96. The van der Waals surface area contributed by atoms with Gasteiger partial charge in [-0.15, -0.1) is 0 Å². The number of nitrogens with one attached hydrogen (secondary N) is 1. The number of amides is 1. The van der Waals surface area contributed by atoms with E-state index in [1.165, 1.54) is 5.56 Å². The summed E-state index contributed by atoms with van der Waals surface area (Å²) in [5.41, 5.74) is 4.31. The van der Waals surface area contributed by atoms with Crippen molar-refractivity contribution >= 4 is 16.8 Å². The summed E-state index contributed by atoms with van der Waals surface area (Å²) in [6, 6.07) is 23.5. The van der Waals surface area contributed by atoms with Gasteiger partial charge >= 0.3 is 0 Å². The molecule has 0 unspecified atom stereocenters. The predicted molar refractivity (Wildman–Crippen MR) is 123 cm³/mol. The van der Waals surface area contributed by atoms with Crippen molar-refractivity contribution in [3.8, 4) is 11.5 Å². The summed E-state index contributed by atoms with van der Waals surface area (Å²) in [5.74, 6) is 1.03. The Morgan fingerprint density at radius 3 is 2.39 bits per heavy atom. The summed E-state index contributed by atoms with van der Waals surface area (Å²) in [5, 5.41) is 1.10. The third kappa shape index (κ3) is 4.26. The van der Waals surface area contributed by atoms with Gasteiger partial charge in [-0.3, -0.25) is 4.79 Å². The van der Waals surface area contributed by atoms with Gasteiger partial charge in [-0.25, -0.2) is 0 Å². The van der Waals surface area contributed by atoms with E-state index in [1.807, 2.05) is 49.6 Å². The maximum Gasteiger partial charge on any atom is 0.261 e. The number of likely N-dealkylation sites (N-methyl/N-ethyl adjacent to an activating group) is 1. The van der Waals surface area contributed by atoms with Gasteiger partial charge in [-0.1, -0.05) is 60.2 Å². The highest BCUT2D eigenvalue weighted by Crippen LogP contribution is 2.33. The molecule has 0 saturated carbocycles. The van der Waals surface area contributed by atoms with Crippen LogP contribution < -0.4 is 9.47 Å². The fraction of sp³-hybridized carbons (Fsp3) is 0.192. The number of aromatic nitrogens is 1. The highest BCUT2D eigenvalue weighted by molar-refractivity contribution is 5.85. The Balaban J connectivity index is 1.64. The molecule has 4 rings (SSSR count). The van der Waals surface area contributed by atoms with Crippen molar-refractivity contribution in [1.82, 2.24) is 9.88 Å². The van der Waals surface area contributed by atoms with E-state index < -0.39 is 0 Å². The average Bonchev–Trinajstić information content (AvgIpc) is 3.23. The molecule has 0 aliphatic carbocycles. The number of rotatable bonds is 7. The van der Waals surface area contributed by atoms with Gasteiger partial charge in [-0.05, 0) is 30.7 Å². The molecule has 3 aromatic carbocycles. The van der Waals surface area contributed by atoms with Gasteiger partial charge in [0.25, 0.3) is 5.91 Å². The maximum atomic E-state index is 13.2. The van der Waals surface area contributed by atoms with E-state index in [9.17, 15) is 4.79 Å². The molecule has 1 heterocycles. The highest BCUT2D eigenvalue weighted by atomic mass is 16.5. The van der Waals surface area contributed by atoms with Gasteiger partial charge in [0.1, 0.15) is 0 Å². The number of methoxy groups -OCH3 is 1. The van der Waals surface area contributed by atoms with Crippen LogP contribution in [0.2, 0.25) is 0 Å². The zero-order chi connectivity index (χ0) is 21.8.